The molecule has 0 bridgehead atoms. The predicted octanol–water partition coefficient (Wildman–Crippen LogP) is 1.03. The van der Waals surface area contributed by atoms with Crippen LogP contribution in [0.25, 0.3) is 5.69 Å². The monoisotopic (exact) mass is 244 g/mol. The van der Waals surface area contributed by atoms with Gasteiger partial charge in [-0.05, 0) is 23.8 Å². The van der Waals surface area contributed by atoms with E-state index in [1.807, 2.05) is 24.3 Å². The molecule has 0 aliphatic rings. The predicted molar refractivity (Wildman–Crippen MR) is 69.5 cm³/mol. The van der Waals surface area contributed by atoms with Gasteiger partial charge in [-0.15, -0.1) is 0 Å². The zero-order valence-electron chi connectivity index (χ0n) is 10.5. The minimum atomic E-state index is -0.104. The largest absolute Gasteiger partial charge is 0.343 e. The van der Waals surface area contributed by atoms with Gasteiger partial charge in [0.05, 0.1) is 5.69 Å². The van der Waals surface area contributed by atoms with Crippen LogP contribution < -0.4 is 5.73 Å². The Morgan fingerprint density at radius 3 is 2.50 bits per heavy atom. The van der Waals surface area contributed by atoms with Gasteiger partial charge in [0.2, 0.25) is 0 Å². The number of carbonyl (C=O) groups excluding carboxylic acids is 1. The van der Waals surface area contributed by atoms with Gasteiger partial charge in [-0.2, -0.15) is 5.10 Å². The van der Waals surface area contributed by atoms with Crippen LogP contribution in [0.15, 0.2) is 36.5 Å². The summed E-state index contributed by atoms with van der Waals surface area (Å²) in [6.07, 6.45) is 1.77. The van der Waals surface area contributed by atoms with Crippen molar-refractivity contribution in [3.05, 3.63) is 47.8 Å². The van der Waals surface area contributed by atoms with Crippen molar-refractivity contribution in [3.63, 3.8) is 0 Å². The molecule has 1 aromatic heterocycles. The zero-order chi connectivity index (χ0) is 13.1. The zero-order valence-corrected chi connectivity index (χ0v) is 10.5. The first-order valence-corrected chi connectivity index (χ1v) is 5.68. The van der Waals surface area contributed by atoms with Crippen LogP contribution in [0.4, 0.5) is 0 Å². The second kappa shape index (κ2) is 5.01. The molecule has 0 atom stereocenters. The van der Waals surface area contributed by atoms with Gasteiger partial charge >= 0.3 is 0 Å². The lowest BCUT2D eigenvalue weighted by atomic mass is 10.2. The molecule has 0 fully saturated rings. The molecular formula is C13H16N4O. The third-order valence-electron chi connectivity index (χ3n) is 2.65. The second-order valence-corrected chi connectivity index (χ2v) is 4.22. The first-order chi connectivity index (χ1) is 8.61. The highest BCUT2D eigenvalue weighted by atomic mass is 16.2. The van der Waals surface area contributed by atoms with Crippen LogP contribution in [0.2, 0.25) is 0 Å². The first-order valence-electron chi connectivity index (χ1n) is 5.68. The van der Waals surface area contributed by atoms with Crippen LogP contribution in [0.1, 0.15) is 16.1 Å². The first kappa shape index (κ1) is 12.3. The molecule has 0 saturated carbocycles. The smallest absolute Gasteiger partial charge is 0.273 e. The Balaban J connectivity index is 2.26. The van der Waals surface area contributed by atoms with Gasteiger partial charge in [-0.3, -0.25) is 4.79 Å². The number of nitrogens with zero attached hydrogens (tertiary/aromatic N) is 3. The van der Waals surface area contributed by atoms with Crippen LogP contribution >= 0.6 is 0 Å². The number of carbonyl (C=O) groups is 1. The highest BCUT2D eigenvalue weighted by Crippen LogP contribution is 2.10. The molecule has 5 nitrogen and oxygen atoms in total. The van der Waals surface area contributed by atoms with E-state index < -0.39 is 0 Å². The molecule has 94 valence electrons. The third kappa shape index (κ3) is 2.41. The molecule has 18 heavy (non-hydrogen) atoms. The van der Waals surface area contributed by atoms with Crippen LogP contribution in [0.5, 0.6) is 0 Å². The Morgan fingerprint density at radius 1 is 1.28 bits per heavy atom. The lowest BCUT2D eigenvalue weighted by molar-refractivity contribution is 0.0821. The molecule has 5 heteroatoms. The summed E-state index contributed by atoms with van der Waals surface area (Å²) in [5, 5.41) is 4.25. The summed E-state index contributed by atoms with van der Waals surface area (Å²) in [7, 11) is 3.41. The van der Waals surface area contributed by atoms with E-state index in [1.165, 1.54) is 4.90 Å². The van der Waals surface area contributed by atoms with Crippen molar-refractivity contribution < 1.29 is 4.79 Å². The highest BCUT2D eigenvalue weighted by molar-refractivity contribution is 5.91. The van der Waals surface area contributed by atoms with Crippen molar-refractivity contribution >= 4 is 5.91 Å². The molecular weight excluding hydrogens is 228 g/mol. The molecule has 1 heterocycles. The molecule has 2 rings (SSSR count). The minimum Gasteiger partial charge on any atom is -0.343 e. The average Bonchev–Trinajstić information content (AvgIpc) is 2.87. The molecule has 1 aromatic carbocycles. The third-order valence-corrected chi connectivity index (χ3v) is 2.65. The summed E-state index contributed by atoms with van der Waals surface area (Å²) in [4.78, 5) is 13.2. The number of benzene rings is 1. The van der Waals surface area contributed by atoms with E-state index >= 15 is 0 Å². The van der Waals surface area contributed by atoms with Gasteiger partial charge in [0.15, 0.2) is 5.69 Å². The van der Waals surface area contributed by atoms with Crippen molar-refractivity contribution in [2.45, 2.75) is 6.54 Å². The fourth-order valence-electron chi connectivity index (χ4n) is 1.60. The average molecular weight is 244 g/mol. The second-order valence-electron chi connectivity index (χ2n) is 4.22. The van der Waals surface area contributed by atoms with Gasteiger partial charge in [0, 0.05) is 26.8 Å². The standard InChI is InChI=1S/C13H16N4O/c1-16(2)13(18)12-7-8-17(15-12)11-5-3-10(9-14)4-6-11/h3-8H,9,14H2,1-2H3. The Kier molecular flexibility index (Phi) is 3.43. The molecule has 0 radical (unpaired) electrons. The topological polar surface area (TPSA) is 64.2 Å². The summed E-state index contributed by atoms with van der Waals surface area (Å²) < 4.78 is 1.68. The van der Waals surface area contributed by atoms with Crippen LogP contribution in [-0.4, -0.2) is 34.7 Å². The van der Waals surface area contributed by atoms with Crippen LogP contribution in [0.3, 0.4) is 0 Å². The van der Waals surface area contributed by atoms with Crippen molar-refractivity contribution in [2.24, 2.45) is 5.73 Å². The number of nitrogens with two attached hydrogens (primary N) is 1. The molecule has 0 spiro atoms. The quantitative estimate of drug-likeness (QED) is 0.877. The van der Waals surface area contributed by atoms with Gasteiger partial charge in [-0.25, -0.2) is 4.68 Å². The molecule has 0 aliphatic carbocycles. The molecule has 0 aliphatic heterocycles. The fourth-order valence-corrected chi connectivity index (χ4v) is 1.60. The Hall–Kier alpha value is -2.14. The number of hydrogen-bond donors (Lipinski definition) is 1. The summed E-state index contributed by atoms with van der Waals surface area (Å²) in [6, 6.07) is 9.46. The van der Waals surface area contributed by atoms with Crippen molar-refractivity contribution in [3.8, 4) is 5.69 Å². The van der Waals surface area contributed by atoms with E-state index in [1.54, 1.807) is 31.0 Å². The summed E-state index contributed by atoms with van der Waals surface area (Å²) in [6.45, 7) is 0.518. The lowest BCUT2D eigenvalue weighted by Crippen LogP contribution is -2.22. The minimum absolute atomic E-state index is 0.104. The lowest BCUT2D eigenvalue weighted by Gasteiger charge is -2.07. The van der Waals surface area contributed by atoms with Gasteiger partial charge < -0.3 is 10.6 Å². The van der Waals surface area contributed by atoms with Crippen LogP contribution in [0, 0.1) is 0 Å². The highest BCUT2D eigenvalue weighted by Gasteiger charge is 2.11. The van der Waals surface area contributed by atoms with Gasteiger partial charge in [0.25, 0.3) is 5.91 Å². The maximum Gasteiger partial charge on any atom is 0.273 e. The SMILES string of the molecule is CN(C)C(=O)c1ccn(-c2ccc(CN)cc2)n1. The van der Waals surface area contributed by atoms with Crippen molar-refractivity contribution in [1.82, 2.24) is 14.7 Å². The van der Waals surface area contributed by atoms with E-state index in [-0.39, 0.29) is 5.91 Å². The number of rotatable bonds is 3. The summed E-state index contributed by atoms with van der Waals surface area (Å²) in [5.41, 5.74) is 7.95. The Bertz CT molecular complexity index is 542. The number of aromatic nitrogens is 2. The van der Waals surface area contributed by atoms with Crippen molar-refractivity contribution in [1.29, 1.82) is 0 Å². The molecule has 2 aromatic rings. The van der Waals surface area contributed by atoms with E-state index in [9.17, 15) is 4.79 Å². The van der Waals surface area contributed by atoms with Crippen LogP contribution in [-0.2, 0) is 6.54 Å². The maximum atomic E-state index is 11.7. The van der Waals surface area contributed by atoms with E-state index in [0.29, 0.717) is 12.2 Å². The molecule has 0 saturated heterocycles. The Morgan fingerprint density at radius 2 is 1.94 bits per heavy atom. The van der Waals surface area contributed by atoms with E-state index in [4.69, 9.17) is 5.73 Å². The summed E-state index contributed by atoms with van der Waals surface area (Å²) >= 11 is 0. The molecule has 1 amide bonds. The van der Waals surface area contributed by atoms with Gasteiger partial charge in [0.1, 0.15) is 0 Å². The molecule has 2 N–H and O–H groups in total. The maximum absolute atomic E-state index is 11.7. The van der Waals surface area contributed by atoms with Crippen molar-refractivity contribution in [2.75, 3.05) is 14.1 Å². The number of amides is 1. The van der Waals surface area contributed by atoms with E-state index in [0.717, 1.165) is 11.3 Å². The summed E-state index contributed by atoms with van der Waals surface area (Å²) in [5.74, 6) is -0.104. The fraction of sp³-hybridized carbons (Fsp3) is 0.231. The Labute approximate surface area is 106 Å². The van der Waals surface area contributed by atoms with E-state index in [2.05, 4.69) is 5.10 Å². The number of hydrogen-bond acceptors (Lipinski definition) is 3. The normalized spacial score (nSPS) is 10.4. The van der Waals surface area contributed by atoms with Gasteiger partial charge in [-0.1, -0.05) is 12.1 Å². The molecule has 0 unspecified atom stereocenters.